The third kappa shape index (κ3) is 2.50. The summed E-state index contributed by atoms with van der Waals surface area (Å²) in [6, 6.07) is 3.73. The molecule has 0 bridgehead atoms. The van der Waals surface area contributed by atoms with Crippen molar-refractivity contribution in [1.29, 1.82) is 0 Å². The minimum Gasteiger partial charge on any atom is -0.480 e. The summed E-state index contributed by atoms with van der Waals surface area (Å²) in [7, 11) is 0. The van der Waals surface area contributed by atoms with Crippen molar-refractivity contribution in [2.45, 2.75) is 31.2 Å². The van der Waals surface area contributed by atoms with Gasteiger partial charge in [-0.25, -0.2) is 9.18 Å². The van der Waals surface area contributed by atoms with E-state index in [0.29, 0.717) is 36.4 Å². The summed E-state index contributed by atoms with van der Waals surface area (Å²) in [5.41, 5.74) is 0.378. The Morgan fingerprint density at radius 2 is 2.14 bits per heavy atom. The molecule has 4 nitrogen and oxygen atoms in total. The number of benzene rings is 1. The van der Waals surface area contributed by atoms with Crippen LogP contribution in [0.5, 0.6) is 0 Å². The van der Waals surface area contributed by atoms with E-state index in [4.69, 9.17) is 16.7 Å². The van der Waals surface area contributed by atoms with Crippen LogP contribution in [0.25, 0.3) is 0 Å². The highest BCUT2D eigenvalue weighted by Crippen LogP contribution is 2.51. The number of carbonyl (C=O) groups excluding carboxylic acids is 1. The molecule has 2 aliphatic rings. The second-order valence-corrected chi connectivity index (χ2v) is 6.02. The van der Waals surface area contributed by atoms with E-state index in [-0.39, 0.29) is 17.7 Å². The maximum Gasteiger partial charge on any atom is 0.326 e. The highest BCUT2D eigenvalue weighted by molar-refractivity contribution is 6.31. The molecule has 1 aromatic carbocycles. The third-order valence-electron chi connectivity index (χ3n) is 4.30. The minimum atomic E-state index is -0.970. The average molecular weight is 312 g/mol. The van der Waals surface area contributed by atoms with Gasteiger partial charge in [0, 0.05) is 29.0 Å². The number of likely N-dealkylation sites (tertiary alicyclic amines) is 1. The Bertz CT molecular complexity index is 586. The Morgan fingerprint density at radius 1 is 1.38 bits per heavy atom. The molecule has 0 radical (unpaired) electrons. The van der Waals surface area contributed by atoms with E-state index in [9.17, 15) is 14.0 Å². The molecular formula is C15H15ClFNO3. The summed E-state index contributed by atoms with van der Waals surface area (Å²) in [4.78, 5) is 25.0. The van der Waals surface area contributed by atoms with Gasteiger partial charge < -0.3 is 10.0 Å². The molecule has 0 aromatic heterocycles. The van der Waals surface area contributed by atoms with Crippen LogP contribution in [0, 0.1) is 11.7 Å². The number of carbonyl (C=O) groups is 2. The molecule has 21 heavy (non-hydrogen) atoms. The molecule has 2 fully saturated rings. The van der Waals surface area contributed by atoms with Gasteiger partial charge in [-0.15, -0.1) is 0 Å². The van der Waals surface area contributed by atoms with Crippen LogP contribution in [0.3, 0.4) is 0 Å². The zero-order chi connectivity index (χ0) is 15.1. The van der Waals surface area contributed by atoms with Crippen molar-refractivity contribution in [2.75, 3.05) is 6.54 Å². The van der Waals surface area contributed by atoms with E-state index in [2.05, 4.69) is 0 Å². The third-order valence-corrected chi connectivity index (χ3v) is 4.63. The average Bonchev–Trinajstić information content (AvgIpc) is 3.03. The molecule has 1 saturated heterocycles. The van der Waals surface area contributed by atoms with Gasteiger partial charge in [-0.05, 0) is 31.4 Å². The number of carboxylic acid groups (broad SMARTS) is 1. The first-order valence-corrected chi connectivity index (χ1v) is 7.35. The first-order chi connectivity index (χ1) is 10.0. The number of aliphatic carboxylic acids is 1. The standard InChI is InChI=1S/C15H15ClFNO3/c16-10-3-1-4-11(17)13(10)8-7-9(8)14(19)18-6-2-5-12(18)15(20)21/h1,3-4,8-9,12H,2,5-7H2,(H,20,21). The van der Waals surface area contributed by atoms with Crippen molar-refractivity contribution >= 4 is 23.5 Å². The van der Waals surface area contributed by atoms with Gasteiger partial charge in [0.2, 0.25) is 5.91 Å². The molecule has 1 N–H and O–H groups in total. The lowest BCUT2D eigenvalue weighted by Gasteiger charge is -2.21. The van der Waals surface area contributed by atoms with Gasteiger partial charge in [-0.2, -0.15) is 0 Å². The molecule has 3 rings (SSSR count). The molecular weight excluding hydrogens is 297 g/mol. The lowest BCUT2D eigenvalue weighted by Crippen LogP contribution is -2.41. The summed E-state index contributed by atoms with van der Waals surface area (Å²) >= 11 is 6.01. The summed E-state index contributed by atoms with van der Waals surface area (Å²) in [6.45, 7) is 0.462. The highest BCUT2D eigenvalue weighted by Gasteiger charge is 2.50. The second-order valence-electron chi connectivity index (χ2n) is 5.61. The van der Waals surface area contributed by atoms with Crippen LogP contribution >= 0.6 is 11.6 Å². The fourth-order valence-electron chi connectivity index (χ4n) is 3.15. The van der Waals surface area contributed by atoms with Gasteiger partial charge in [-0.3, -0.25) is 4.79 Å². The summed E-state index contributed by atoms with van der Waals surface area (Å²) < 4.78 is 13.9. The van der Waals surface area contributed by atoms with Crippen molar-refractivity contribution in [1.82, 2.24) is 4.90 Å². The molecule has 1 aliphatic carbocycles. The molecule has 6 heteroatoms. The van der Waals surface area contributed by atoms with Crippen LogP contribution in [0.15, 0.2) is 18.2 Å². The number of rotatable bonds is 3. The van der Waals surface area contributed by atoms with Crippen LogP contribution in [0.1, 0.15) is 30.7 Å². The molecule has 3 atom stereocenters. The Hall–Kier alpha value is -1.62. The SMILES string of the molecule is O=C(O)C1CCCN1C(=O)C1CC1c1c(F)cccc1Cl. The molecule has 1 heterocycles. The molecule has 1 saturated carbocycles. The topological polar surface area (TPSA) is 57.6 Å². The largest absolute Gasteiger partial charge is 0.480 e. The van der Waals surface area contributed by atoms with E-state index in [1.54, 1.807) is 6.07 Å². The second kappa shape index (κ2) is 5.30. The Kier molecular flexibility index (Phi) is 3.61. The molecule has 1 aromatic rings. The zero-order valence-electron chi connectivity index (χ0n) is 11.3. The first-order valence-electron chi connectivity index (χ1n) is 6.98. The van der Waals surface area contributed by atoms with Crippen LogP contribution in [-0.2, 0) is 9.59 Å². The van der Waals surface area contributed by atoms with Crippen LogP contribution in [-0.4, -0.2) is 34.5 Å². The monoisotopic (exact) mass is 311 g/mol. The lowest BCUT2D eigenvalue weighted by atomic mass is 10.1. The molecule has 3 unspecified atom stereocenters. The zero-order valence-corrected chi connectivity index (χ0v) is 12.0. The lowest BCUT2D eigenvalue weighted by molar-refractivity contribution is -0.148. The molecule has 1 amide bonds. The minimum absolute atomic E-state index is 0.191. The maximum absolute atomic E-state index is 13.9. The molecule has 1 aliphatic heterocycles. The smallest absolute Gasteiger partial charge is 0.326 e. The van der Waals surface area contributed by atoms with Crippen LogP contribution in [0.2, 0.25) is 5.02 Å². The van der Waals surface area contributed by atoms with E-state index >= 15 is 0 Å². The van der Waals surface area contributed by atoms with Crippen LogP contribution in [0.4, 0.5) is 4.39 Å². The fraction of sp³-hybridized carbons (Fsp3) is 0.467. The normalized spacial score (nSPS) is 27.7. The summed E-state index contributed by atoms with van der Waals surface area (Å²) in [5, 5.41) is 9.46. The van der Waals surface area contributed by atoms with E-state index in [1.165, 1.54) is 17.0 Å². The molecule has 112 valence electrons. The van der Waals surface area contributed by atoms with Crippen molar-refractivity contribution in [3.63, 3.8) is 0 Å². The van der Waals surface area contributed by atoms with Crippen molar-refractivity contribution in [2.24, 2.45) is 5.92 Å². The number of hydrogen-bond acceptors (Lipinski definition) is 2. The van der Waals surface area contributed by atoms with Gasteiger partial charge in [0.1, 0.15) is 11.9 Å². The molecule has 0 spiro atoms. The van der Waals surface area contributed by atoms with Gasteiger partial charge >= 0.3 is 5.97 Å². The number of nitrogens with zero attached hydrogens (tertiary/aromatic N) is 1. The summed E-state index contributed by atoms with van der Waals surface area (Å²) in [6.07, 6.45) is 1.71. The Labute approximate surface area is 126 Å². The van der Waals surface area contributed by atoms with Gasteiger partial charge in [-0.1, -0.05) is 17.7 Å². The Balaban J connectivity index is 1.76. The maximum atomic E-state index is 13.9. The van der Waals surface area contributed by atoms with Gasteiger partial charge in [0.15, 0.2) is 0 Å². The number of amides is 1. The summed E-state index contributed by atoms with van der Waals surface area (Å²) in [5.74, 6) is -2.15. The van der Waals surface area contributed by atoms with E-state index in [0.717, 1.165) is 0 Å². The van der Waals surface area contributed by atoms with Crippen LogP contribution < -0.4 is 0 Å². The number of hydrogen-bond donors (Lipinski definition) is 1. The highest BCUT2D eigenvalue weighted by atomic mass is 35.5. The predicted molar refractivity (Wildman–Crippen MR) is 74.6 cm³/mol. The van der Waals surface area contributed by atoms with Gasteiger partial charge in [0.25, 0.3) is 0 Å². The van der Waals surface area contributed by atoms with E-state index in [1.807, 2.05) is 0 Å². The van der Waals surface area contributed by atoms with Gasteiger partial charge in [0.05, 0.1) is 0 Å². The van der Waals surface area contributed by atoms with E-state index < -0.39 is 17.8 Å². The van der Waals surface area contributed by atoms with Crippen molar-refractivity contribution < 1.29 is 19.1 Å². The first kappa shape index (κ1) is 14.3. The predicted octanol–water partition coefficient (Wildman–Crippen LogP) is 2.66. The van der Waals surface area contributed by atoms with Crippen molar-refractivity contribution in [3.8, 4) is 0 Å². The fourth-order valence-corrected chi connectivity index (χ4v) is 3.46. The quantitative estimate of drug-likeness (QED) is 0.933. The Morgan fingerprint density at radius 3 is 2.81 bits per heavy atom. The van der Waals surface area contributed by atoms with Crippen molar-refractivity contribution in [3.05, 3.63) is 34.6 Å². The number of halogens is 2. The number of carboxylic acids is 1.